The molecule has 1 aliphatic rings. The Morgan fingerprint density at radius 1 is 1.10 bits per heavy atom. The zero-order chi connectivity index (χ0) is 21.0. The topological polar surface area (TPSA) is 78.5 Å². The summed E-state index contributed by atoms with van der Waals surface area (Å²) in [5, 5.41) is 6.07. The molecule has 29 heavy (non-hydrogen) atoms. The molecule has 0 aromatic heterocycles. The Kier molecular flexibility index (Phi) is 6.54. The Morgan fingerprint density at radius 3 is 2.48 bits per heavy atom. The lowest BCUT2D eigenvalue weighted by atomic mass is 10.1. The lowest BCUT2D eigenvalue weighted by molar-refractivity contribution is -0.129. The standard InChI is InChI=1S/C22H24ClN3O3/c1-14-6-5-7-15(2)21(14)25-19(27)11-24-22(29)17-10-20(28)26(13-17)12-16-8-3-4-9-18(16)23/h3-9,17H,10-13H2,1-2H3,(H,24,29)(H,25,27)/t17-/m0/s1. The third-order valence-electron chi connectivity index (χ3n) is 5.07. The van der Waals surface area contributed by atoms with Crippen LogP contribution < -0.4 is 10.6 Å². The van der Waals surface area contributed by atoms with Gasteiger partial charge in [-0.15, -0.1) is 0 Å². The Balaban J connectivity index is 1.51. The highest BCUT2D eigenvalue weighted by Crippen LogP contribution is 2.24. The molecule has 7 heteroatoms. The molecule has 152 valence electrons. The van der Waals surface area contributed by atoms with Gasteiger partial charge in [-0.2, -0.15) is 0 Å². The number of amides is 3. The number of rotatable bonds is 6. The quantitative estimate of drug-likeness (QED) is 0.763. The van der Waals surface area contributed by atoms with Crippen LogP contribution in [-0.4, -0.2) is 35.7 Å². The third kappa shape index (κ3) is 5.15. The summed E-state index contributed by atoms with van der Waals surface area (Å²) in [6, 6.07) is 13.1. The monoisotopic (exact) mass is 413 g/mol. The summed E-state index contributed by atoms with van der Waals surface area (Å²) in [5.41, 5.74) is 3.52. The minimum absolute atomic E-state index is 0.0925. The fourth-order valence-corrected chi connectivity index (χ4v) is 3.64. The summed E-state index contributed by atoms with van der Waals surface area (Å²) in [7, 11) is 0. The van der Waals surface area contributed by atoms with E-state index in [1.54, 1.807) is 11.0 Å². The molecule has 0 aliphatic carbocycles. The van der Waals surface area contributed by atoms with E-state index in [4.69, 9.17) is 11.6 Å². The van der Waals surface area contributed by atoms with E-state index in [-0.39, 0.29) is 30.7 Å². The molecular weight excluding hydrogens is 390 g/mol. The van der Waals surface area contributed by atoms with E-state index in [2.05, 4.69) is 10.6 Å². The number of likely N-dealkylation sites (tertiary alicyclic amines) is 1. The summed E-state index contributed by atoms with van der Waals surface area (Å²) in [6.07, 6.45) is 0.134. The van der Waals surface area contributed by atoms with Crippen molar-refractivity contribution in [3.63, 3.8) is 0 Å². The summed E-state index contributed by atoms with van der Waals surface area (Å²) in [6.45, 7) is 4.38. The molecule has 1 atom stereocenters. The van der Waals surface area contributed by atoms with Crippen LogP contribution in [0.25, 0.3) is 0 Å². The maximum atomic E-state index is 12.5. The van der Waals surface area contributed by atoms with Gasteiger partial charge in [0, 0.05) is 30.2 Å². The van der Waals surface area contributed by atoms with Gasteiger partial charge in [0.25, 0.3) is 0 Å². The van der Waals surface area contributed by atoms with E-state index in [0.29, 0.717) is 18.1 Å². The van der Waals surface area contributed by atoms with Crippen molar-refractivity contribution >= 4 is 35.0 Å². The Morgan fingerprint density at radius 2 is 1.79 bits per heavy atom. The van der Waals surface area contributed by atoms with Gasteiger partial charge in [0.1, 0.15) is 0 Å². The minimum atomic E-state index is -0.474. The second kappa shape index (κ2) is 9.09. The van der Waals surface area contributed by atoms with Crippen LogP contribution in [-0.2, 0) is 20.9 Å². The molecule has 3 amide bonds. The number of hydrogen-bond donors (Lipinski definition) is 2. The fourth-order valence-electron chi connectivity index (χ4n) is 3.44. The normalized spacial score (nSPS) is 16.0. The molecule has 0 radical (unpaired) electrons. The molecule has 2 aromatic carbocycles. The highest BCUT2D eigenvalue weighted by atomic mass is 35.5. The van der Waals surface area contributed by atoms with Gasteiger partial charge in [0.15, 0.2) is 0 Å². The number of hydrogen-bond acceptors (Lipinski definition) is 3. The van der Waals surface area contributed by atoms with Crippen LogP contribution in [0, 0.1) is 19.8 Å². The number of nitrogens with zero attached hydrogens (tertiary/aromatic N) is 1. The fraction of sp³-hybridized carbons (Fsp3) is 0.318. The zero-order valence-electron chi connectivity index (χ0n) is 16.5. The number of aryl methyl sites for hydroxylation is 2. The molecule has 2 aromatic rings. The van der Waals surface area contributed by atoms with Crippen molar-refractivity contribution < 1.29 is 14.4 Å². The van der Waals surface area contributed by atoms with Crippen LogP contribution in [0.3, 0.4) is 0 Å². The molecule has 6 nitrogen and oxygen atoms in total. The van der Waals surface area contributed by atoms with Gasteiger partial charge in [-0.25, -0.2) is 0 Å². The van der Waals surface area contributed by atoms with Gasteiger partial charge in [-0.3, -0.25) is 14.4 Å². The molecule has 3 rings (SSSR count). The maximum absolute atomic E-state index is 12.5. The Hall–Kier alpha value is -2.86. The third-order valence-corrected chi connectivity index (χ3v) is 5.44. The van der Waals surface area contributed by atoms with Gasteiger partial charge in [-0.1, -0.05) is 48.0 Å². The lowest BCUT2D eigenvalue weighted by Crippen LogP contribution is -2.38. The average molecular weight is 414 g/mol. The van der Waals surface area contributed by atoms with Gasteiger partial charge in [0.2, 0.25) is 17.7 Å². The van der Waals surface area contributed by atoms with E-state index in [9.17, 15) is 14.4 Å². The number of anilines is 1. The average Bonchev–Trinajstić information content (AvgIpc) is 3.05. The predicted octanol–water partition coefficient (Wildman–Crippen LogP) is 3.06. The zero-order valence-corrected chi connectivity index (χ0v) is 17.3. The first-order chi connectivity index (χ1) is 13.8. The van der Waals surface area contributed by atoms with Crippen molar-refractivity contribution in [1.29, 1.82) is 0 Å². The first-order valence-corrected chi connectivity index (χ1v) is 9.88. The first-order valence-electron chi connectivity index (χ1n) is 9.50. The molecule has 0 bridgehead atoms. The van der Waals surface area contributed by atoms with Gasteiger partial charge in [0.05, 0.1) is 12.5 Å². The van der Waals surface area contributed by atoms with Crippen LogP contribution in [0.4, 0.5) is 5.69 Å². The van der Waals surface area contributed by atoms with Crippen molar-refractivity contribution in [3.8, 4) is 0 Å². The highest BCUT2D eigenvalue weighted by molar-refractivity contribution is 6.31. The van der Waals surface area contributed by atoms with Crippen LogP contribution in [0.15, 0.2) is 42.5 Å². The number of halogens is 1. The number of benzene rings is 2. The Bertz CT molecular complexity index is 924. The largest absolute Gasteiger partial charge is 0.347 e. The van der Waals surface area contributed by atoms with Gasteiger partial charge in [-0.05, 0) is 36.6 Å². The molecule has 1 aliphatic heterocycles. The molecule has 1 saturated heterocycles. The van der Waals surface area contributed by atoms with Crippen LogP contribution in [0.1, 0.15) is 23.1 Å². The van der Waals surface area contributed by atoms with E-state index in [0.717, 1.165) is 22.4 Å². The molecule has 0 spiro atoms. The van der Waals surface area contributed by atoms with Crippen molar-refractivity contribution in [2.24, 2.45) is 5.92 Å². The molecule has 2 N–H and O–H groups in total. The van der Waals surface area contributed by atoms with Crippen molar-refractivity contribution in [2.75, 3.05) is 18.4 Å². The Labute approximate surface area is 175 Å². The SMILES string of the molecule is Cc1cccc(C)c1NC(=O)CNC(=O)[C@H]1CC(=O)N(Cc2ccccc2Cl)C1. The smallest absolute Gasteiger partial charge is 0.243 e. The number of carbonyl (C=O) groups excluding carboxylic acids is 3. The van der Waals surface area contributed by atoms with E-state index in [1.165, 1.54) is 0 Å². The van der Waals surface area contributed by atoms with Crippen LogP contribution in [0.5, 0.6) is 0 Å². The van der Waals surface area contributed by atoms with Crippen LogP contribution in [0.2, 0.25) is 5.02 Å². The molecular formula is C22H24ClN3O3. The second-order valence-electron chi connectivity index (χ2n) is 7.30. The van der Waals surface area contributed by atoms with Gasteiger partial charge >= 0.3 is 0 Å². The van der Waals surface area contributed by atoms with Crippen molar-refractivity contribution in [1.82, 2.24) is 10.2 Å². The maximum Gasteiger partial charge on any atom is 0.243 e. The summed E-state index contributed by atoms with van der Waals surface area (Å²) >= 11 is 6.16. The minimum Gasteiger partial charge on any atom is -0.347 e. The summed E-state index contributed by atoms with van der Waals surface area (Å²) in [5.74, 6) is -1.16. The van der Waals surface area contributed by atoms with Crippen LogP contribution >= 0.6 is 11.6 Å². The summed E-state index contributed by atoms with van der Waals surface area (Å²) in [4.78, 5) is 38.6. The molecule has 0 unspecified atom stereocenters. The van der Waals surface area contributed by atoms with E-state index >= 15 is 0 Å². The highest BCUT2D eigenvalue weighted by Gasteiger charge is 2.34. The molecule has 0 saturated carbocycles. The lowest BCUT2D eigenvalue weighted by Gasteiger charge is -2.17. The second-order valence-corrected chi connectivity index (χ2v) is 7.71. The first kappa shape index (κ1) is 20.9. The van der Waals surface area contributed by atoms with Gasteiger partial charge < -0.3 is 15.5 Å². The van der Waals surface area contributed by atoms with Crippen molar-refractivity contribution in [3.05, 3.63) is 64.2 Å². The number of carbonyl (C=O) groups is 3. The van der Waals surface area contributed by atoms with E-state index in [1.807, 2.05) is 50.2 Å². The molecule has 1 heterocycles. The number of para-hydroxylation sites is 1. The predicted molar refractivity (Wildman–Crippen MR) is 113 cm³/mol. The van der Waals surface area contributed by atoms with E-state index < -0.39 is 5.92 Å². The number of nitrogens with one attached hydrogen (secondary N) is 2. The van der Waals surface area contributed by atoms with Crippen molar-refractivity contribution in [2.45, 2.75) is 26.8 Å². The summed E-state index contributed by atoms with van der Waals surface area (Å²) < 4.78 is 0. The molecule has 1 fully saturated rings.